The highest BCUT2D eigenvalue weighted by Crippen LogP contribution is 2.24. The minimum Gasteiger partial charge on any atom is -0.379 e. The van der Waals surface area contributed by atoms with Gasteiger partial charge in [-0.25, -0.2) is 8.42 Å². The van der Waals surface area contributed by atoms with Crippen LogP contribution in [0.2, 0.25) is 5.02 Å². The van der Waals surface area contributed by atoms with Crippen LogP contribution < -0.4 is 10.0 Å². The summed E-state index contributed by atoms with van der Waals surface area (Å²) in [5, 5.41) is 3.41. The predicted molar refractivity (Wildman–Crippen MR) is 100 cm³/mol. The van der Waals surface area contributed by atoms with E-state index in [-0.39, 0.29) is 9.92 Å². The minimum absolute atomic E-state index is 0.0500. The van der Waals surface area contributed by atoms with Crippen molar-refractivity contribution in [2.24, 2.45) is 0 Å². The van der Waals surface area contributed by atoms with Gasteiger partial charge in [0.05, 0.1) is 17.3 Å². The third kappa shape index (κ3) is 4.49. The van der Waals surface area contributed by atoms with Crippen LogP contribution in [0.25, 0.3) is 0 Å². The zero-order chi connectivity index (χ0) is 17.7. The van der Waals surface area contributed by atoms with Crippen molar-refractivity contribution in [1.82, 2.24) is 4.98 Å². The maximum atomic E-state index is 12.4. The van der Waals surface area contributed by atoms with Crippen LogP contribution in [-0.2, 0) is 16.6 Å². The lowest BCUT2D eigenvalue weighted by molar-refractivity contribution is 0.601. The van der Waals surface area contributed by atoms with E-state index >= 15 is 0 Å². The molecule has 3 rings (SSSR count). The highest BCUT2D eigenvalue weighted by molar-refractivity contribution is 7.92. The first-order valence-corrected chi connectivity index (χ1v) is 9.42. The van der Waals surface area contributed by atoms with Gasteiger partial charge in [0.2, 0.25) is 0 Å². The second kappa shape index (κ2) is 7.55. The number of aromatic nitrogens is 1. The van der Waals surface area contributed by atoms with Gasteiger partial charge in [-0.2, -0.15) is 0 Å². The Balaban J connectivity index is 1.67. The van der Waals surface area contributed by atoms with E-state index in [1.54, 1.807) is 48.7 Å². The molecule has 1 aromatic heterocycles. The topological polar surface area (TPSA) is 71.1 Å². The third-order valence-electron chi connectivity index (χ3n) is 3.46. The normalized spacial score (nSPS) is 11.1. The molecule has 1 heterocycles. The van der Waals surface area contributed by atoms with Crippen LogP contribution in [-0.4, -0.2) is 13.4 Å². The molecule has 0 unspecified atom stereocenters. The van der Waals surface area contributed by atoms with Gasteiger partial charge in [0.1, 0.15) is 4.90 Å². The average Bonchev–Trinajstić information content (AvgIpc) is 2.62. The Bertz CT molecular complexity index is 946. The van der Waals surface area contributed by atoms with Gasteiger partial charge in [0, 0.05) is 17.6 Å². The Labute approximate surface area is 151 Å². The van der Waals surface area contributed by atoms with Crippen molar-refractivity contribution in [3.63, 3.8) is 0 Å². The summed E-state index contributed by atoms with van der Waals surface area (Å²) in [7, 11) is -3.72. The molecule has 0 fully saturated rings. The lowest BCUT2D eigenvalue weighted by Gasteiger charge is -2.11. The third-order valence-corrected chi connectivity index (χ3v) is 5.34. The van der Waals surface area contributed by atoms with Crippen LogP contribution in [0.15, 0.2) is 77.8 Å². The fraction of sp³-hybridized carbons (Fsp3) is 0.0556. The molecule has 0 saturated heterocycles. The highest BCUT2D eigenvalue weighted by atomic mass is 35.5. The van der Waals surface area contributed by atoms with E-state index in [1.165, 1.54) is 6.07 Å². The molecule has 0 radical (unpaired) electrons. The molecule has 2 N–H and O–H groups in total. The van der Waals surface area contributed by atoms with Gasteiger partial charge in [-0.1, -0.05) is 29.8 Å². The van der Waals surface area contributed by atoms with Crippen molar-refractivity contribution in [1.29, 1.82) is 0 Å². The zero-order valence-corrected chi connectivity index (χ0v) is 14.8. The SMILES string of the molecule is O=S(=O)(Nc1ccc(NCc2ccccn2)cc1)c1ccccc1Cl. The quantitative estimate of drug-likeness (QED) is 0.681. The summed E-state index contributed by atoms with van der Waals surface area (Å²) >= 11 is 5.96. The van der Waals surface area contributed by atoms with Gasteiger partial charge in [-0.3, -0.25) is 9.71 Å². The Morgan fingerprint density at radius 1 is 0.880 bits per heavy atom. The van der Waals surface area contributed by atoms with Gasteiger partial charge in [-0.15, -0.1) is 0 Å². The molecule has 0 amide bonds. The van der Waals surface area contributed by atoms with Crippen LogP contribution in [0.3, 0.4) is 0 Å². The summed E-state index contributed by atoms with van der Waals surface area (Å²) in [6.07, 6.45) is 1.74. The number of hydrogen-bond acceptors (Lipinski definition) is 4. The summed E-state index contributed by atoms with van der Waals surface area (Å²) in [5.41, 5.74) is 2.25. The van der Waals surface area contributed by atoms with E-state index in [1.807, 2.05) is 18.2 Å². The summed E-state index contributed by atoms with van der Waals surface area (Å²) in [6.45, 7) is 0.589. The molecular weight excluding hydrogens is 358 g/mol. The zero-order valence-electron chi connectivity index (χ0n) is 13.2. The second-order valence-corrected chi connectivity index (χ2v) is 7.35. The number of benzene rings is 2. The standard InChI is InChI=1S/C18H16ClN3O2S/c19-17-6-1-2-7-18(17)25(23,24)22-15-10-8-14(9-11-15)21-13-16-5-3-4-12-20-16/h1-12,21-22H,13H2. The van der Waals surface area contributed by atoms with E-state index in [0.717, 1.165) is 11.4 Å². The van der Waals surface area contributed by atoms with Crippen molar-refractivity contribution in [3.8, 4) is 0 Å². The van der Waals surface area contributed by atoms with Crippen molar-refractivity contribution in [3.05, 3.63) is 83.6 Å². The summed E-state index contributed by atoms with van der Waals surface area (Å²) in [6, 6.07) is 19.0. The Morgan fingerprint density at radius 2 is 1.56 bits per heavy atom. The average molecular weight is 374 g/mol. The van der Waals surface area contributed by atoms with Crippen molar-refractivity contribution in [2.75, 3.05) is 10.0 Å². The highest BCUT2D eigenvalue weighted by Gasteiger charge is 2.17. The predicted octanol–water partition coefficient (Wildman–Crippen LogP) is 4.15. The summed E-state index contributed by atoms with van der Waals surface area (Å²) in [5.74, 6) is 0. The maximum Gasteiger partial charge on any atom is 0.263 e. The molecule has 0 aliphatic carbocycles. The number of anilines is 2. The van der Waals surface area contributed by atoms with Gasteiger partial charge < -0.3 is 5.32 Å². The Morgan fingerprint density at radius 3 is 2.24 bits per heavy atom. The number of pyridine rings is 1. The van der Waals surface area contributed by atoms with Crippen molar-refractivity contribution in [2.45, 2.75) is 11.4 Å². The molecule has 0 aliphatic heterocycles. The fourth-order valence-corrected chi connectivity index (χ4v) is 3.80. The van der Waals surface area contributed by atoms with Crippen LogP contribution >= 0.6 is 11.6 Å². The summed E-state index contributed by atoms with van der Waals surface area (Å²) in [4.78, 5) is 4.29. The first kappa shape index (κ1) is 17.3. The number of nitrogens with one attached hydrogen (secondary N) is 2. The first-order chi connectivity index (χ1) is 12.0. The Kier molecular flexibility index (Phi) is 5.21. The van der Waals surface area contributed by atoms with Crippen LogP contribution in [0, 0.1) is 0 Å². The van der Waals surface area contributed by atoms with Gasteiger partial charge >= 0.3 is 0 Å². The van der Waals surface area contributed by atoms with Crippen LogP contribution in [0.4, 0.5) is 11.4 Å². The number of halogens is 1. The molecular formula is C18H16ClN3O2S. The van der Waals surface area contributed by atoms with Gasteiger partial charge in [-0.05, 0) is 48.5 Å². The molecule has 2 aromatic carbocycles. The van der Waals surface area contributed by atoms with Crippen molar-refractivity contribution < 1.29 is 8.42 Å². The largest absolute Gasteiger partial charge is 0.379 e. The van der Waals surface area contributed by atoms with E-state index in [0.29, 0.717) is 12.2 Å². The van der Waals surface area contributed by atoms with Gasteiger partial charge in [0.25, 0.3) is 10.0 Å². The molecule has 3 aromatic rings. The number of hydrogen-bond donors (Lipinski definition) is 2. The molecule has 0 atom stereocenters. The molecule has 5 nitrogen and oxygen atoms in total. The molecule has 25 heavy (non-hydrogen) atoms. The number of nitrogens with zero attached hydrogens (tertiary/aromatic N) is 1. The number of sulfonamides is 1. The maximum absolute atomic E-state index is 12.4. The first-order valence-electron chi connectivity index (χ1n) is 7.56. The lowest BCUT2D eigenvalue weighted by atomic mass is 10.3. The molecule has 0 saturated carbocycles. The van der Waals surface area contributed by atoms with E-state index < -0.39 is 10.0 Å². The number of rotatable bonds is 6. The van der Waals surface area contributed by atoms with Crippen LogP contribution in [0.5, 0.6) is 0 Å². The monoisotopic (exact) mass is 373 g/mol. The van der Waals surface area contributed by atoms with E-state index in [2.05, 4.69) is 15.0 Å². The van der Waals surface area contributed by atoms with Gasteiger partial charge in [0.15, 0.2) is 0 Å². The molecule has 7 heteroatoms. The van der Waals surface area contributed by atoms with E-state index in [4.69, 9.17) is 11.6 Å². The van der Waals surface area contributed by atoms with Crippen molar-refractivity contribution >= 4 is 33.0 Å². The second-order valence-electron chi connectivity index (χ2n) is 5.29. The van der Waals surface area contributed by atoms with E-state index in [9.17, 15) is 8.42 Å². The van der Waals surface area contributed by atoms with Crippen LogP contribution in [0.1, 0.15) is 5.69 Å². The molecule has 0 bridgehead atoms. The summed E-state index contributed by atoms with van der Waals surface area (Å²) < 4.78 is 27.3. The smallest absolute Gasteiger partial charge is 0.263 e. The fourth-order valence-electron chi connectivity index (χ4n) is 2.22. The Hall–Kier alpha value is -2.57. The molecule has 0 aliphatic rings. The molecule has 0 spiro atoms. The minimum atomic E-state index is -3.72. The molecule has 128 valence electrons. The lowest BCUT2D eigenvalue weighted by Crippen LogP contribution is -2.13.